The van der Waals surface area contributed by atoms with Crippen molar-refractivity contribution in [3.8, 4) is 0 Å². The van der Waals surface area contributed by atoms with Crippen molar-refractivity contribution in [3.63, 3.8) is 0 Å². The largest absolute Gasteiger partial charge is 0.426 e. The molecular weight excluding hydrogens is 344 g/mol. The van der Waals surface area contributed by atoms with Gasteiger partial charge in [-0.3, -0.25) is 10.5 Å². The summed E-state index contributed by atoms with van der Waals surface area (Å²) in [4.78, 5) is 28.5. The summed E-state index contributed by atoms with van der Waals surface area (Å²) in [6.07, 6.45) is 1.37. The number of amides is 1. The van der Waals surface area contributed by atoms with Gasteiger partial charge in [0.1, 0.15) is 16.5 Å². The smallest absolute Gasteiger partial charge is 0.336 e. The molecule has 0 radical (unpaired) electrons. The fraction of sp³-hybridized carbons (Fsp3) is 0.500. The van der Waals surface area contributed by atoms with E-state index in [2.05, 4.69) is 15.5 Å². The van der Waals surface area contributed by atoms with Gasteiger partial charge in [-0.2, -0.15) is 0 Å². The van der Waals surface area contributed by atoms with Crippen molar-refractivity contribution >= 4 is 28.4 Å². The van der Waals surface area contributed by atoms with E-state index in [1.165, 1.54) is 17.8 Å². The van der Waals surface area contributed by atoms with Crippen molar-refractivity contribution in [1.82, 2.24) is 5.32 Å². The van der Waals surface area contributed by atoms with E-state index in [1.54, 1.807) is 19.9 Å². The summed E-state index contributed by atoms with van der Waals surface area (Å²) in [6, 6.07) is 2.65. The minimum atomic E-state index is -1.46. The topological polar surface area (TPSA) is 130 Å². The van der Waals surface area contributed by atoms with Crippen molar-refractivity contribution in [2.45, 2.75) is 45.3 Å². The summed E-state index contributed by atoms with van der Waals surface area (Å²) in [5, 5.41) is 15.2. The van der Waals surface area contributed by atoms with Gasteiger partial charge in [0.05, 0.1) is 6.04 Å². The van der Waals surface area contributed by atoms with Crippen molar-refractivity contribution < 1.29 is 14.4 Å². The number of thioether (sulfide) groups is 1. The SMILES string of the molecule is CCC[C@@H](NC(=O)[C@]1(N)CSC(/C(C)=N/O)=N1)c1cc(C)cc(=O)o1. The molecule has 0 unspecified atom stereocenters. The van der Waals surface area contributed by atoms with Gasteiger partial charge in [-0.25, -0.2) is 9.79 Å². The van der Waals surface area contributed by atoms with Crippen LogP contribution in [0.25, 0.3) is 0 Å². The molecule has 2 heterocycles. The van der Waals surface area contributed by atoms with Crippen LogP contribution in [0, 0.1) is 6.92 Å². The Morgan fingerprint density at radius 1 is 1.60 bits per heavy atom. The molecule has 0 saturated heterocycles. The molecule has 25 heavy (non-hydrogen) atoms. The van der Waals surface area contributed by atoms with Gasteiger partial charge in [0, 0.05) is 11.8 Å². The van der Waals surface area contributed by atoms with Gasteiger partial charge in [0.15, 0.2) is 5.66 Å². The van der Waals surface area contributed by atoms with E-state index in [0.717, 1.165) is 12.0 Å². The third-order valence-electron chi connectivity index (χ3n) is 3.74. The van der Waals surface area contributed by atoms with Crippen LogP contribution in [0.4, 0.5) is 0 Å². The van der Waals surface area contributed by atoms with Crippen LogP contribution in [0.3, 0.4) is 0 Å². The molecule has 2 rings (SSSR count). The third kappa shape index (κ3) is 4.49. The molecule has 8 nitrogen and oxygen atoms in total. The van der Waals surface area contributed by atoms with Crippen LogP contribution in [0.1, 0.15) is 44.1 Å². The van der Waals surface area contributed by atoms with E-state index in [9.17, 15) is 9.59 Å². The molecule has 0 aromatic carbocycles. The average Bonchev–Trinajstić information content (AvgIpc) is 2.96. The molecule has 136 valence electrons. The number of rotatable bonds is 6. The number of carbonyl (C=O) groups excluding carboxylic acids is 1. The molecule has 1 amide bonds. The van der Waals surface area contributed by atoms with Crippen LogP contribution in [-0.4, -0.2) is 33.3 Å². The zero-order valence-corrected chi connectivity index (χ0v) is 15.2. The number of carbonyl (C=O) groups is 1. The van der Waals surface area contributed by atoms with Crippen LogP contribution >= 0.6 is 11.8 Å². The van der Waals surface area contributed by atoms with Crippen molar-refractivity contribution in [3.05, 3.63) is 33.9 Å². The maximum absolute atomic E-state index is 12.7. The Morgan fingerprint density at radius 3 is 2.92 bits per heavy atom. The van der Waals surface area contributed by atoms with E-state index in [-0.39, 0.29) is 5.75 Å². The molecule has 0 aliphatic carbocycles. The lowest BCUT2D eigenvalue weighted by Gasteiger charge is -2.23. The highest BCUT2D eigenvalue weighted by atomic mass is 32.2. The second kappa shape index (κ2) is 7.83. The normalized spacial score (nSPS) is 21.8. The summed E-state index contributed by atoms with van der Waals surface area (Å²) in [5.74, 6) is 0.160. The van der Waals surface area contributed by atoms with E-state index < -0.39 is 23.2 Å². The van der Waals surface area contributed by atoms with Gasteiger partial charge < -0.3 is 14.9 Å². The first-order valence-electron chi connectivity index (χ1n) is 7.92. The van der Waals surface area contributed by atoms with Crippen molar-refractivity contribution in [2.75, 3.05) is 5.75 Å². The van der Waals surface area contributed by atoms with Gasteiger partial charge in [-0.1, -0.05) is 18.5 Å². The van der Waals surface area contributed by atoms with Crippen LogP contribution in [0.15, 0.2) is 31.5 Å². The Bertz CT molecular complexity index is 774. The molecule has 0 saturated carbocycles. The molecule has 1 aliphatic rings. The summed E-state index contributed by atoms with van der Waals surface area (Å²) < 4.78 is 5.24. The van der Waals surface area contributed by atoms with Crippen molar-refractivity contribution in [2.24, 2.45) is 15.9 Å². The lowest BCUT2D eigenvalue weighted by Crippen LogP contribution is -2.54. The van der Waals surface area contributed by atoms with E-state index >= 15 is 0 Å². The fourth-order valence-electron chi connectivity index (χ4n) is 2.42. The lowest BCUT2D eigenvalue weighted by atomic mass is 10.1. The highest BCUT2D eigenvalue weighted by Gasteiger charge is 2.40. The quantitative estimate of drug-likeness (QED) is 0.398. The van der Waals surface area contributed by atoms with Crippen LogP contribution in [-0.2, 0) is 4.79 Å². The molecule has 1 aromatic heterocycles. The molecule has 1 aliphatic heterocycles. The predicted molar refractivity (Wildman–Crippen MR) is 97.2 cm³/mol. The van der Waals surface area contributed by atoms with Gasteiger partial charge in [0.2, 0.25) is 0 Å². The fourth-order valence-corrected chi connectivity index (χ4v) is 3.45. The van der Waals surface area contributed by atoms with Gasteiger partial charge in [-0.05, 0) is 31.9 Å². The molecule has 4 N–H and O–H groups in total. The first-order valence-corrected chi connectivity index (χ1v) is 8.91. The molecule has 0 bridgehead atoms. The minimum absolute atomic E-state index is 0.234. The number of hydrogen-bond acceptors (Lipinski definition) is 8. The Morgan fingerprint density at radius 2 is 2.32 bits per heavy atom. The second-order valence-electron chi connectivity index (χ2n) is 5.99. The molecular formula is C16H22N4O4S. The zero-order valence-electron chi connectivity index (χ0n) is 14.4. The van der Waals surface area contributed by atoms with Gasteiger partial charge in [-0.15, -0.1) is 11.8 Å². The summed E-state index contributed by atoms with van der Waals surface area (Å²) in [6.45, 7) is 5.33. The molecule has 0 spiro atoms. The van der Waals surface area contributed by atoms with E-state index in [1.807, 2.05) is 6.92 Å². The maximum atomic E-state index is 12.7. The first-order chi connectivity index (χ1) is 11.8. The van der Waals surface area contributed by atoms with Crippen LogP contribution in [0.5, 0.6) is 0 Å². The standard InChI is InChI=1S/C16H22N4O4S/c1-4-5-11(12-6-9(2)7-13(21)24-12)18-15(22)16(17)8-25-14(19-16)10(3)20-23/h6-7,11,23H,4-5,8,17H2,1-3H3,(H,18,22)/b20-10+/t11-,16+/m1/s1. The Kier molecular flexibility index (Phi) is 6.02. The lowest BCUT2D eigenvalue weighted by molar-refractivity contribution is -0.126. The van der Waals surface area contributed by atoms with Gasteiger partial charge >= 0.3 is 5.63 Å². The summed E-state index contributed by atoms with van der Waals surface area (Å²) in [7, 11) is 0. The molecule has 0 fully saturated rings. The predicted octanol–water partition coefficient (Wildman–Crippen LogP) is 1.56. The second-order valence-corrected chi connectivity index (χ2v) is 6.95. The molecule has 1 aromatic rings. The molecule has 2 atom stereocenters. The number of nitrogens with one attached hydrogen (secondary N) is 1. The number of hydrogen-bond donors (Lipinski definition) is 3. The zero-order chi connectivity index (χ0) is 18.6. The number of aliphatic imine (C=N–C) groups is 1. The first kappa shape index (κ1) is 19.2. The highest BCUT2D eigenvalue weighted by Crippen LogP contribution is 2.27. The maximum Gasteiger partial charge on any atom is 0.336 e. The van der Waals surface area contributed by atoms with Crippen molar-refractivity contribution in [1.29, 1.82) is 0 Å². The Balaban J connectivity index is 2.23. The van der Waals surface area contributed by atoms with E-state index in [0.29, 0.717) is 22.9 Å². The minimum Gasteiger partial charge on any atom is -0.426 e. The number of nitrogens with zero attached hydrogens (tertiary/aromatic N) is 2. The average molecular weight is 366 g/mol. The number of nitrogens with two attached hydrogens (primary N) is 1. The van der Waals surface area contributed by atoms with Crippen LogP contribution < -0.4 is 16.7 Å². The number of oxime groups is 1. The Hall–Kier alpha value is -2.13. The molecule has 9 heteroatoms. The number of aryl methyl sites for hydroxylation is 1. The summed E-state index contributed by atoms with van der Waals surface area (Å²) in [5.41, 5.74) is 5.27. The Labute approximate surface area is 149 Å². The van der Waals surface area contributed by atoms with E-state index in [4.69, 9.17) is 15.4 Å². The van der Waals surface area contributed by atoms with Crippen LogP contribution in [0.2, 0.25) is 0 Å². The third-order valence-corrected chi connectivity index (χ3v) is 4.99. The van der Waals surface area contributed by atoms with Gasteiger partial charge in [0.25, 0.3) is 5.91 Å². The highest BCUT2D eigenvalue weighted by molar-refractivity contribution is 8.16. The monoisotopic (exact) mass is 366 g/mol. The summed E-state index contributed by atoms with van der Waals surface area (Å²) >= 11 is 1.25.